The van der Waals surface area contributed by atoms with Gasteiger partial charge in [-0.3, -0.25) is 4.79 Å². The summed E-state index contributed by atoms with van der Waals surface area (Å²) in [7, 11) is 0. The van der Waals surface area contributed by atoms with E-state index in [0.29, 0.717) is 0 Å². The third kappa shape index (κ3) is 4.15. The van der Waals surface area contributed by atoms with Crippen LogP contribution >= 0.6 is 0 Å². The van der Waals surface area contributed by atoms with Crippen LogP contribution in [0.1, 0.15) is 10.4 Å². The van der Waals surface area contributed by atoms with Gasteiger partial charge < -0.3 is 20.7 Å². The summed E-state index contributed by atoms with van der Waals surface area (Å²) < 4.78 is 4.96. The summed E-state index contributed by atoms with van der Waals surface area (Å²) in [6.45, 7) is -0.665. The monoisotopic (exact) mass is 315 g/mol. The molecule has 4 N–H and O–H groups in total. The number of hydrogen-bond donors (Lipinski definition) is 3. The highest BCUT2D eigenvalue weighted by atomic mass is 16.6. The minimum atomic E-state index is -1.48. The number of carbonyl (C=O) groups is 2. The first-order valence-electron chi connectivity index (χ1n) is 6.98. The molecule has 0 spiro atoms. The van der Waals surface area contributed by atoms with Gasteiger partial charge in [0.25, 0.3) is 0 Å². The van der Waals surface area contributed by atoms with E-state index in [1.807, 2.05) is 30.3 Å². The number of carboxylic acids is 1. The number of hydrogen-bond acceptors (Lipinski definition) is 5. The largest absolute Gasteiger partial charge is 0.480 e. The number of carboxylic acid groups (broad SMARTS) is 1. The molecular weight excluding hydrogens is 298 g/mol. The Bertz CT molecular complexity index is 669. The van der Waals surface area contributed by atoms with E-state index in [4.69, 9.17) is 20.7 Å². The number of aliphatic hydroxyl groups is 1. The minimum Gasteiger partial charge on any atom is -0.480 e. The van der Waals surface area contributed by atoms with E-state index in [1.165, 1.54) is 0 Å². The Morgan fingerprint density at radius 1 is 1.00 bits per heavy atom. The second kappa shape index (κ2) is 7.53. The van der Waals surface area contributed by atoms with Gasteiger partial charge in [-0.2, -0.15) is 0 Å². The number of rotatable bonds is 6. The van der Waals surface area contributed by atoms with E-state index in [-0.39, 0.29) is 5.56 Å². The average Bonchev–Trinajstić information content (AvgIpc) is 2.59. The Kier molecular flexibility index (Phi) is 5.46. The standard InChI is InChI=1S/C17H17NO5/c18-15(16(20)21)14(10-19)23-17(22)13-8-6-12(7-9-13)11-4-2-1-3-5-11/h1-9,14-15,19H,10,18H2,(H,20,21)/t14-,15-/m0/s1. The molecule has 6 nitrogen and oxygen atoms in total. The Morgan fingerprint density at radius 2 is 1.57 bits per heavy atom. The predicted octanol–water partition coefficient (Wildman–Crippen LogP) is 1.28. The highest BCUT2D eigenvalue weighted by Crippen LogP contribution is 2.19. The van der Waals surface area contributed by atoms with Crippen molar-refractivity contribution in [1.29, 1.82) is 0 Å². The van der Waals surface area contributed by atoms with Crippen molar-refractivity contribution in [1.82, 2.24) is 0 Å². The van der Waals surface area contributed by atoms with Gasteiger partial charge in [0.1, 0.15) is 6.04 Å². The Labute approximate surface area is 133 Å². The normalized spacial score (nSPS) is 13.1. The molecule has 0 aliphatic carbocycles. The molecule has 0 aromatic heterocycles. The van der Waals surface area contributed by atoms with Crippen molar-refractivity contribution in [2.45, 2.75) is 12.1 Å². The molecular formula is C17H17NO5. The molecule has 0 unspecified atom stereocenters. The summed E-state index contributed by atoms with van der Waals surface area (Å²) >= 11 is 0. The Hall–Kier alpha value is -2.70. The number of aliphatic hydroxyl groups excluding tert-OH is 1. The molecule has 120 valence electrons. The molecule has 0 bridgehead atoms. The van der Waals surface area contributed by atoms with Gasteiger partial charge in [0.15, 0.2) is 6.10 Å². The fourth-order valence-corrected chi connectivity index (χ4v) is 2.02. The molecule has 6 heteroatoms. The molecule has 2 atom stereocenters. The number of ether oxygens (including phenoxy) is 1. The number of esters is 1. The van der Waals surface area contributed by atoms with Crippen molar-refractivity contribution in [3.05, 3.63) is 60.2 Å². The van der Waals surface area contributed by atoms with Crippen molar-refractivity contribution in [3.63, 3.8) is 0 Å². The van der Waals surface area contributed by atoms with Gasteiger partial charge in [-0.25, -0.2) is 4.79 Å². The maximum absolute atomic E-state index is 12.0. The van der Waals surface area contributed by atoms with Crippen LogP contribution in [0.2, 0.25) is 0 Å². The lowest BCUT2D eigenvalue weighted by Crippen LogP contribution is -2.46. The van der Waals surface area contributed by atoms with Crippen LogP contribution in [0.15, 0.2) is 54.6 Å². The summed E-state index contributed by atoms with van der Waals surface area (Å²) in [4.78, 5) is 22.8. The molecule has 2 rings (SSSR count). The molecule has 2 aromatic rings. The average molecular weight is 315 g/mol. The highest BCUT2D eigenvalue weighted by molar-refractivity contribution is 5.90. The van der Waals surface area contributed by atoms with Crippen LogP contribution in [0.25, 0.3) is 11.1 Å². The summed E-state index contributed by atoms with van der Waals surface area (Å²) in [5.41, 5.74) is 7.55. The molecule has 0 saturated carbocycles. The first-order valence-corrected chi connectivity index (χ1v) is 6.98. The Morgan fingerprint density at radius 3 is 2.09 bits per heavy atom. The zero-order chi connectivity index (χ0) is 16.8. The van der Waals surface area contributed by atoms with E-state index >= 15 is 0 Å². The highest BCUT2D eigenvalue weighted by Gasteiger charge is 2.27. The first-order chi connectivity index (χ1) is 11.0. The van der Waals surface area contributed by atoms with Gasteiger partial charge in [0.05, 0.1) is 12.2 Å². The van der Waals surface area contributed by atoms with Crippen molar-refractivity contribution in [2.24, 2.45) is 5.73 Å². The SMILES string of the molecule is N[C@H](C(=O)O)[C@H](CO)OC(=O)c1ccc(-c2ccccc2)cc1. The topological polar surface area (TPSA) is 110 Å². The van der Waals surface area contributed by atoms with Gasteiger partial charge in [-0.05, 0) is 23.3 Å². The van der Waals surface area contributed by atoms with Crippen LogP contribution in [-0.2, 0) is 9.53 Å². The van der Waals surface area contributed by atoms with E-state index in [2.05, 4.69) is 0 Å². The minimum absolute atomic E-state index is 0.251. The second-order valence-electron chi connectivity index (χ2n) is 4.93. The molecule has 0 aliphatic rings. The second-order valence-corrected chi connectivity index (χ2v) is 4.93. The maximum Gasteiger partial charge on any atom is 0.338 e. The van der Waals surface area contributed by atoms with Gasteiger partial charge in [0, 0.05) is 0 Å². The van der Waals surface area contributed by atoms with Gasteiger partial charge in [-0.1, -0.05) is 42.5 Å². The fourth-order valence-electron chi connectivity index (χ4n) is 2.02. The summed E-state index contributed by atoms with van der Waals surface area (Å²) in [6, 6.07) is 14.8. The summed E-state index contributed by atoms with van der Waals surface area (Å²) in [5, 5.41) is 17.9. The van der Waals surface area contributed by atoms with Gasteiger partial charge >= 0.3 is 11.9 Å². The molecule has 0 fully saturated rings. The molecule has 0 aliphatic heterocycles. The molecule has 23 heavy (non-hydrogen) atoms. The van der Waals surface area contributed by atoms with Gasteiger partial charge in [0.2, 0.25) is 0 Å². The molecule has 0 radical (unpaired) electrons. The predicted molar refractivity (Wildman–Crippen MR) is 83.8 cm³/mol. The molecule has 0 amide bonds. The van der Waals surface area contributed by atoms with Crippen molar-refractivity contribution < 1.29 is 24.5 Å². The van der Waals surface area contributed by atoms with Crippen molar-refractivity contribution >= 4 is 11.9 Å². The van der Waals surface area contributed by atoms with Crippen LogP contribution in [-0.4, -0.2) is 40.9 Å². The zero-order valence-corrected chi connectivity index (χ0v) is 12.3. The number of nitrogens with two attached hydrogens (primary N) is 1. The number of aliphatic carboxylic acids is 1. The van der Waals surface area contributed by atoms with Crippen LogP contribution < -0.4 is 5.73 Å². The lowest BCUT2D eigenvalue weighted by molar-refractivity contribution is -0.142. The van der Waals surface area contributed by atoms with E-state index in [9.17, 15) is 9.59 Å². The van der Waals surface area contributed by atoms with E-state index in [0.717, 1.165) is 11.1 Å². The summed E-state index contributed by atoms with van der Waals surface area (Å²) in [5.74, 6) is -2.09. The van der Waals surface area contributed by atoms with Crippen LogP contribution in [0.5, 0.6) is 0 Å². The quantitative estimate of drug-likeness (QED) is 0.693. The maximum atomic E-state index is 12.0. The third-order valence-electron chi connectivity index (χ3n) is 3.35. The lowest BCUT2D eigenvalue weighted by Gasteiger charge is -2.19. The van der Waals surface area contributed by atoms with Crippen LogP contribution in [0.4, 0.5) is 0 Å². The molecule has 2 aromatic carbocycles. The fraction of sp³-hybridized carbons (Fsp3) is 0.176. The number of carbonyl (C=O) groups excluding carboxylic acids is 1. The van der Waals surface area contributed by atoms with Crippen molar-refractivity contribution in [3.8, 4) is 11.1 Å². The number of benzene rings is 2. The van der Waals surface area contributed by atoms with Crippen LogP contribution in [0.3, 0.4) is 0 Å². The summed E-state index contributed by atoms with van der Waals surface area (Å²) in [6.07, 6.45) is -1.30. The smallest absolute Gasteiger partial charge is 0.338 e. The zero-order valence-electron chi connectivity index (χ0n) is 12.3. The lowest BCUT2D eigenvalue weighted by atomic mass is 10.0. The van der Waals surface area contributed by atoms with Crippen molar-refractivity contribution in [2.75, 3.05) is 6.61 Å². The Balaban J connectivity index is 2.10. The molecule has 0 heterocycles. The first kappa shape index (κ1) is 16.7. The third-order valence-corrected chi connectivity index (χ3v) is 3.35. The van der Waals surface area contributed by atoms with E-state index in [1.54, 1.807) is 24.3 Å². The van der Waals surface area contributed by atoms with E-state index < -0.39 is 30.7 Å². The van der Waals surface area contributed by atoms with Gasteiger partial charge in [-0.15, -0.1) is 0 Å². The van der Waals surface area contributed by atoms with Crippen LogP contribution in [0, 0.1) is 0 Å². The molecule has 0 saturated heterocycles.